The molecule has 1 aromatic heterocycles. The molecule has 26 heavy (non-hydrogen) atoms. The summed E-state index contributed by atoms with van der Waals surface area (Å²) >= 11 is 0. The minimum atomic E-state index is -0.290. The Hall–Kier alpha value is -1.46. The molecule has 0 aromatic carbocycles. The van der Waals surface area contributed by atoms with Gasteiger partial charge in [0.25, 0.3) is 0 Å². The predicted octanol–water partition coefficient (Wildman–Crippen LogP) is 2.29. The molecule has 1 aromatic rings. The van der Waals surface area contributed by atoms with Crippen molar-refractivity contribution < 1.29 is 9.90 Å². The first-order valence-corrected chi connectivity index (χ1v) is 10.3. The summed E-state index contributed by atoms with van der Waals surface area (Å²) in [6, 6.07) is 6.02. The number of likely N-dealkylation sites (tertiary alicyclic amines) is 1. The molecule has 5 heteroatoms. The molecule has 4 rings (SSSR count). The highest BCUT2D eigenvalue weighted by molar-refractivity contribution is 5.87. The molecule has 1 aliphatic heterocycles. The van der Waals surface area contributed by atoms with Crippen molar-refractivity contribution >= 4 is 5.91 Å². The molecule has 0 radical (unpaired) electrons. The van der Waals surface area contributed by atoms with Gasteiger partial charge in [-0.05, 0) is 69.7 Å². The van der Waals surface area contributed by atoms with E-state index < -0.39 is 0 Å². The number of pyridine rings is 1. The van der Waals surface area contributed by atoms with Crippen LogP contribution < -0.4 is 5.32 Å². The fourth-order valence-corrected chi connectivity index (χ4v) is 5.13. The van der Waals surface area contributed by atoms with E-state index in [0.29, 0.717) is 5.92 Å². The van der Waals surface area contributed by atoms with Gasteiger partial charge >= 0.3 is 0 Å². The smallest absolute Gasteiger partial charge is 0.240 e. The molecule has 2 N–H and O–H groups in total. The SMILES string of the molecule is O=C(N[C@@H](Cc1ccccn1)C1CC(O)C1)C1(N2CCCC2)CCCC1. The molecule has 5 nitrogen and oxygen atoms in total. The monoisotopic (exact) mass is 357 g/mol. The van der Waals surface area contributed by atoms with Crippen LogP contribution in [0, 0.1) is 5.92 Å². The molecule has 1 atom stereocenters. The van der Waals surface area contributed by atoms with Gasteiger partial charge in [0, 0.05) is 24.4 Å². The Bertz CT molecular complexity index is 603. The second-order valence-corrected chi connectivity index (χ2v) is 8.42. The zero-order valence-electron chi connectivity index (χ0n) is 15.6. The summed E-state index contributed by atoms with van der Waals surface area (Å²) in [5.41, 5.74) is 0.724. The van der Waals surface area contributed by atoms with E-state index in [2.05, 4.69) is 15.2 Å². The number of carbonyl (C=O) groups is 1. The third-order valence-electron chi connectivity index (χ3n) is 6.76. The van der Waals surface area contributed by atoms with E-state index in [-0.39, 0.29) is 23.6 Å². The van der Waals surface area contributed by atoms with Crippen LogP contribution in [0.15, 0.2) is 24.4 Å². The zero-order chi connectivity index (χ0) is 18.0. The second kappa shape index (κ2) is 7.65. The number of nitrogens with one attached hydrogen (secondary N) is 1. The molecular formula is C21H31N3O2. The summed E-state index contributed by atoms with van der Waals surface area (Å²) in [4.78, 5) is 20.3. The van der Waals surface area contributed by atoms with Crippen LogP contribution in [0.5, 0.6) is 0 Å². The van der Waals surface area contributed by atoms with Crippen molar-refractivity contribution in [2.75, 3.05) is 13.1 Å². The van der Waals surface area contributed by atoms with E-state index in [4.69, 9.17) is 0 Å². The average molecular weight is 357 g/mol. The van der Waals surface area contributed by atoms with E-state index in [1.54, 1.807) is 0 Å². The maximum absolute atomic E-state index is 13.4. The molecule has 0 spiro atoms. The number of hydrogen-bond acceptors (Lipinski definition) is 4. The number of rotatable bonds is 6. The number of aliphatic hydroxyl groups is 1. The number of aliphatic hydroxyl groups excluding tert-OH is 1. The number of carbonyl (C=O) groups excluding carboxylic acids is 1. The van der Waals surface area contributed by atoms with Crippen LogP contribution in [0.2, 0.25) is 0 Å². The number of hydrogen-bond donors (Lipinski definition) is 2. The van der Waals surface area contributed by atoms with Crippen molar-refractivity contribution in [1.82, 2.24) is 15.2 Å². The van der Waals surface area contributed by atoms with Crippen LogP contribution in [0.1, 0.15) is 57.1 Å². The normalized spacial score (nSPS) is 29.3. The van der Waals surface area contributed by atoms with Gasteiger partial charge in [0.05, 0.1) is 6.10 Å². The van der Waals surface area contributed by atoms with Crippen LogP contribution in [0.25, 0.3) is 0 Å². The average Bonchev–Trinajstić information content (AvgIpc) is 3.31. The van der Waals surface area contributed by atoms with E-state index in [1.165, 1.54) is 12.8 Å². The van der Waals surface area contributed by atoms with Crippen molar-refractivity contribution in [3.8, 4) is 0 Å². The van der Waals surface area contributed by atoms with E-state index in [9.17, 15) is 9.90 Å². The predicted molar refractivity (Wildman–Crippen MR) is 101 cm³/mol. The van der Waals surface area contributed by atoms with Crippen LogP contribution in [0.3, 0.4) is 0 Å². The Morgan fingerprint density at radius 3 is 2.58 bits per heavy atom. The number of aromatic nitrogens is 1. The molecule has 2 aliphatic carbocycles. The molecule has 2 heterocycles. The van der Waals surface area contributed by atoms with Crippen molar-refractivity contribution in [3.63, 3.8) is 0 Å². The Balaban J connectivity index is 1.49. The zero-order valence-corrected chi connectivity index (χ0v) is 15.6. The highest BCUT2D eigenvalue weighted by Gasteiger charge is 2.48. The summed E-state index contributed by atoms with van der Waals surface area (Å²) in [6.45, 7) is 2.11. The first-order valence-electron chi connectivity index (χ1n) is 10.3. The summed E-state index contributed by atoms with van der Waals surface area (Å²) in [7, 11) is 0. The lowest BCUT2D eigenvalue weighted by molar-refractivity contribution is -0.134. The van der Waals surface area contributed by atoms with Gasteiger partial charge in [-0.3, -0.25) is 14.7 Å². The Morgan fingerprint density at radius 2 is 1.96 bits per heavy atom. The standard InChI is InChI=1S/C21H31N3O2/c25-18-13-16(14-18)19(15-17-7-1-4-10-22-17)23-20(26)21(8-2-3-9-21)24-11-5-6-12-24/h1,4,7,10,16,18-19,25H,2-3,5-6,8-9,11-15H2,(H,23,26)/t16?,18?,19-/m0/s1. The topological polar surface area (TPSA) is 65.5 Å². The highest BCUT2D eigenvalue weighted by Crippen LogP contribution is 2.39. The Labute approximate surface area is 156 Å². The molecule has 2 saturated carbocycles. The maximum Gasteiger partial charge on any atom is 0.240 e. The minimum Gasteiger partial charge on any atom is -0.393 e. The highest BCUT2D eigenvalue weighted by atomic mass is 16.3. The van der Waals surface area contributed by atoms with Gasteiger partial charge < -0.3 is 10.4 Å². The van der Waals surface area contributed by atoms with Crippen LogP contribution in [0.4, 0.5) is 0 Å². The molecule has 1 saturated heterocycles. The first-order chi connectivity index (χ1) is 12.7. The fraction of sp³-hybridized carbons (Fsp3) is 0.714. The molecule has 3 fully saturated rings. The van der Waals surface area contributed by atoms with Crippen LogP contribution in [-0.2, 0) is 11.2 Å². The van der Waals surface area contributed by atoms with E-state index in [0.717, 1.165) is 63.7 Å². The fourth-order valence-electron chi connectivity index (χ4n) is 5.13. The van der Waals surface area contributed by atoms with Gasteiger partial charge in [0.15, 0.2) is 0 Å². The minimum absolute atomic E-state index is 0.0703. The lowest BCUT2D eigenvalue weighted by atomic mass is 9.75. The van der Waals surface area contributed by atoms with Crippen molar-refractivity contribution in [3.05, 3.63) is 30.1 Å². The largest absolute Gasteiger partial charge is 0.393 e. The maximum atomic E-state index is 13.4. The van der Waals surface area contributed by atoms with Gasteiger partial charge in [-0.25, -0.2) is 0 Å². The quantitative estimate of drug-likeness (QED) is 0.820. The first kappa shape index (κ1) is 17.9. The molecule has 0 unspecified atom stereocenters. The third kappa shape index (κ3) is 3.52. The molecule has 3 aliphatic rings. The van der Waals surface area contributed by atoms with Gasteiger partial charge in [-0.1, -0.05) is 18.9 Å². The Morgan fingerprint density at radius 1 is 1.23 bits per heavy atom. The number of amides is 1. The molecule has 142 valence electrons. The summed E-state index contributed by atoms with van der Waals surface area (Å²) in [5.74, 6) is 0.576. The van der Waals surface area contributed by atoms with Gasteiger partial charge in [-0.2, -0.15) is 0 Å². The number of nitrogens with zero attached hydrogens (tertiary/aromatic N) is 2. The van der Waals surface area contributed by atoms with E-state index >= 15 is 0 Å². The molecular weight excluding hydrogens is 326 g/mol. The second-order valence-electron chi connectivity index (χ2n) is 8.42. The lowest BCUT2D eigenvalue weighted by Crippen LogP contribution is -2.60. The van der Waals surface area contributed by atoms with E-state index in [1.807, 2.05) is 24.4 Å². The van der Waals surface area contributed by atoms with Crippen LogP contribution in [-0.4, -0.2) is 51.7 Å². The van der Waals surface area contributed by atoms with Gasteiger partial charge in [-0.15, -0.1) is 0 Å². The molecule has 0 bridgehead atoms. The van der Waals surface area contributed by atoms with Gasteiger partial charge in [0.2, 0.25) is 5.91 Å². The summed E-state index contributed by atoms with van der Waals surface area (Å²) in [5, 5.41) is 13.2. The van der Waals surface area contributed by atoms with Crippen molar-refractivity contribution in [1.29, 1.82) is 0 Å². The molecule has 1 amide bonds. The lowest BCUT2D eigenvalue weighted by Gasteiger charge is -2.42. The Kier molecular flexibility index (Phi) is 5.28. The summed E-state index contributed by atoms with van der Waals surface area (Å²) in [6.07, 6.45) is 10.6. The third-order valence-corrected chi connectivity index (χ3v) is 6.76. The summed E-state index contributed by atoms with van der Waals surface area (Å²) < 4.78 is 0. The van der Waals surface area contributed by atoms with Crippen molar-refractivity contribution in [2.45, 2.75) is 75.5 Å². The van der Waals surface area contributed by atoms with Gasteiger partial charge in [0.1, 0.15) is 5.54 Å². The van der Waals surface area contributed by atoms with Crippen LogP contribution >= 0.6 is 0 Å². The van der Waals surface area contributed by atoms with Crippen molar-refractivity contribution in [2.24, 2.45) is 5.92 Å².